The Morgan fingerprint density at radius 1 is 1.14 bits per heavy atom. The monoisotopic (exact) mass is 502 g/mol. The predicted molar refractivity (Wildman–Crippen MR) is 122 cm³/mol. The smallest absolute Gasteiger partial charge is 0.345 e. The van der Waals surface area contributed by atoms with Crippen LogP contribution in [-0.2, 0) is 13.2 Å². The van der Waals surface area contributed by atoms with Gasteiger partial charge in [-0.3, -0.25) is 19.3 Å². The fourth-order valence-electron chi connectivity index (χ4n) is 3.34. The van der Waals surface area contributed by atoms with E-state index in [1.54, 1.807) is 37.5 Å². The van der Waals surface area contributed by atoms with E-state index in [2.05, 4.69) is 20.5 Å². The Morgan fingerprint density at radius 3 is 2.49 bits per heavy atom. The molecule has 0 aliphatic carbocycles. The van der Waals surface area contributed by atoms with Gasteiger partial charge in [0.15, 0.2) is 0 Å². The maximum absolute atomic E-state index is 13.2. The van der Waals surface area contributed by atoms with E-state index < -0.39 is 29.4 Å². The third-order valence-electron chi connectivity index (χ3n) is 5.15. The van der Waals surface area contributed by atoms with Crippen molar-refractivity contribution < 1.29 is 18.0 Å². The number of benzene rings is 1. The lowest BCUT2D eigenvalue weighted by Gasteiger charge is -2.16. The summed E-state index contributed by atoms with van der Waals surface area (Å²) in [5.74, 6) is -0.775. The second kappa shape index (κ2) is 9.34. The molecule has 12 heteroatoms. The molecule has 3 heterocycles. The van der Waals surface area contributed by atoms with Gasteiger partial charge in [-0.05, 0) is 42.8 Å². The van der Waals surface area contributed by atoms with Crippen LogP contribution < -0.4 is 10.9 Å². The van der Waals surface area contributed by atoms with Gasteiger partial charge in [-0.1, -0.05) is 23.7 Å². The van der Waals surface area contributed by atoms with E-state index in [4.69, 9.17) is 11.6 Å². The molecule has 0 fully saturated rings. The standard InChI is InChI=1S/C23H18ClF3N6O2/c1-13(15-7-8-28-20(9-15)23(25,26)27)30-21(34)18-10-19(14-3-5-16(24)6-4-14)31-33(22(18)35)17-11-29-32(2)12-17/h3-13H,1-2H3,(H,30,34)/t13-/m0/s1. The van der Waals surface area contributed by atoms with Crippen LogP contribution in [0.5, 0.6) is 0 Å². The number of pyridine rings is 1. The zero-order valence-corrected chi connectivity index (χ0v) is 19.2. The first-order valence-electron chi connectivity index (χ1n) is 10.3. The van der Waals surface area contributed by atoms with Crippen molar-refractivity contribution in [1.29, 1.82) is 0 Å². The lowest BCUT2D eigenvalue weighted by Crippen LogP contribution is -2.35. The van der Waals surface area contributed by atoms with Gasteiger partial charge in [0.1, 0.15) is 16.9 Å². The minimum absolute atomic E-state index is 0.181. The summed E-state index contributed by atoms with van der Waals surface area (Å²) in [6, 6.07) is 9.34. The number of alkyl halides is 3. The second-order valence-corrected chi connectivity index (χ2v) is 8.14. The fourth-order valence-corrected chi connectivity index (χ4v) is 3.47. The van der Waals surface area contributed by atoms with Crippen molar-refractivity contribution >= 4 is 17.5 Å². The number of nitrogens with one attached hydrogen (secondary N) is 1. The summed E-state index contributed by atoms with van der Waals surface area (Å²) >= 11 is 5.97. The third kappa shape index (κ3) is 5.24. The molecule has 1 aromatic carbocycles. The maximum Gasteiger partial charge on any atom is 0.433 e. The van der Waals surface area contributed by atoms with Gasteiger partial charge in [-0.25, -0.2) is 0 Å². The SMILES string of the molecule is C[C@H](NC(=O)c1cc(-c2ccc(Cl)cc2)nn(-c2cnn(C)c2)c1=O)c1ccnc(C(F)(F)F)c1. The van der Waals surface area contributed by atoms with Crippen LogP contribution in [0.3, 0.4) is 0 Å². The largest absolute Gasteiger partial charge is 0.433 e. The van der Waals surface area contributed by atoms with E-state index >= 15 is 0 Å². The molecule has 0 bridgehead atoms. The lowest BCUT2D eigenvalue weighted by atomic mass is 10.1. The van der Waals surface area contributed by atoms with Crippen LogP contribution in [0.1, 0.15) is 34.6 Å². The highest BCUT2D eigenvalue weighted by molar-refractivity contribution is 6.30. The lowest BCUT2D eigenvalue weighted by molar-refractivity contribution is -0.141. The van der Waals surface area contributed by atoms with Gasteiger partial charge in [0.05, 0.1) is 24.1 Å². The molecule has 0 saturated carbocycles. The molecule has 1 atom stereocenters. The summed E-state index contributed by atoms with van der Waals surface area (Å²) in [4.78, 5) is 29.6. The van der Waals surface area contributed by atoms with Crippen molar-refractivity contribution in [3.05, 3.63) is 93.3 Å². The van der Waals surface area contributed by atoms with E-state index in [0.29, 0.717) is 22.0 Å². The number of nitrogens with zero attached hydrogens (tertiary/aromatic N) is 5. The molecule has 1 N–H and O–H groups in total. The molecule has 8 nitrogen and oxygen atoms in total. The molecule has 0 unspecified atom stereocenters. The molecule has 1 amide bonds. The normalized spacial score (nSPS) is 12.4. The average Bonchev–Trinajstić information content (AvgIpc) is 3.25. The second-order valence-electron chi connectivity index (χ2n) is 7.71. The van der Waals surface area contributed by atoms with Crippen LogP contribution in [0, 0.1) is 0 Å². The topological polar surface area (TPSA) is 94.7 Å². The number of amides is 1. The number of aryl methyl sites for hydroxylation is 1. The van der Waals surface area contributed by atoms with Crippen molar-refractivity contribution in [2.45, 2.75) is 19.1 Å². The van der Waals surface area contributed by atoms with Crippen molar-refractivity contribution in [3.63, 3.8) is 0 Å². The van der Waals surface area contributed by atoms with E-state index in [-0.39, 0.29) is 11.1 Å². The van der Waals surface area contributed by atoms with Crippen molar-refractivity contribution in [3.8, 4) is 16.9 Å². The highest BCUT2D eigenvalue weighted by Gasteiger charge is 2.33. The van der Waals surface area contributed by atoms with Crippen molar-refractivity contribution in [2.24, 2.45) is 7.05 Å². The Bertz CT molecular complexity index is 1450. The molecular weight excluding hydrogens is 485 g/mol. The van der Waals surface area contributed by atoms with E-state index in [9.17, 15) is 22.8 Å². The molecule has 0 saturated heterocycles. The summed E-state index contributed by atoms with van der Waals surface area (Å²) < 4.78 is 41.6. The van der Waals surface area contributed by atoms with E-state index in [1.165, 1.54) is 29.9 Å². The molecule has 35 heavy (non-hydrogen) atoms. The van der Waals surface area contributed by atoms with Crippen LogP contribution in [-0.4, -0.2) is 30.5 Å². The summed E-state index contributed by atoms with van der Waals surface area (Å²) in [6.45, 7) is 1.51. The molecule has 0 aliphatic rings. The number of aromatic nitrogens is 5. The van der Waals surface area contributed by atoms with E-state index in [1.807, 2.05) is 0 Å². The number of carbonyl (C=O) groups excluding carboxylic acids is 1. The number of hydrogen-bond donors (Lipinski definition) is 1. The molecule has 0 spiro atoms. The fraction of sp³-hybridized carbons (Fsp3) is 0.174. The Kier molecular flexibility index (Phi) is 6.44. The van der Waals surface area contributed by atoms with Gasteiger partial charge in [0.2, 0.25) is 0 Å². The summed E-state index contributed by atoms with van der Waals surface area (Å²) in [7, 11) is 1.66. The zero-order chi connectivity index (χ0) is 25.3. The first-order chi connectivity index (χ1) is 16.5. The Morgan fingerprint density at radius 2 is 1.86 bits per heavy atom. The number of hydrogen-bond acceptors (Lipinski definition) is 5. The number of carbonyl (C=O) groups is 1. The van der Waals surface area contributed by atoms with Crippen molar-refractivity contribution in [2.75, 3.05) is 0 Å². The summed E-state index contributed by atoms with van der Waals surface area (Å²) in [5.41, 5.74) is -0.621. The Balaban J connectivity index is 1.74. The molecular formula is C23H18ClF3N6O2. The van der Waals surface area contributed by atoms with Gasteiger partial charge >= 0.3 is 6.18 Å². The first kappa shape index (κ1) is 24.1. The summed E-state index contributed by atoms with van der Waals surface area (Å²) in [5, 5.41) is 11.5. The minimum atomic E-state index is -4.63. The molecule has 3 aromatic heterocycles. The van der Waals surface area contributed by atoms with Gasteiger partial charge in [0.25, 0.3) is 11.5 Å². The Hall–Kier alpha value is -3.99. The molecule has 0 radical (unpaired) electrons. The summed E-state index contributed by atoms with van der Waals surface area (Å²) in [6.07, 6.45) is -0.642. The van der Waals surface area contributed by atoms with Crippen LogP contribution in [0.4, 0.5) is 13.2 Å². The molecule has 180 valence electrons. The highest BCUT2D eigenvalue weighted by Crippen LogP contribution is 2.29. The van der Waals surface area contributed by atoms with Crippen LogP contribution >= 0.6 is 11.6 Å². The molecule has 0 aliphatic heterocycles. The number of halogens is 4. The van der Waals surface area contributed by atoms with Crippen LogP contribution in [0.25, 0.3) is 16.9 Å². The van der Waals surface area contributed by atoms with Crippen molar-refractivity contribution in [1.82, 2.24) is 29.9 Å². The highest BCUT2D eigenvalue weighted by atomic mass is 35.5. The predicted octanol–water partition coefficient (Wildman–Crippen LogP) is 4.19. The van der Waals surface area contributed by atoms with Crippen LogP contribution in [0.15, 0.2) is 65.8 Å². The van der Waals surface area contributed by atoms with Crippen LogP contribution in [0.2, 0.25) is 5.02 Å². The maximum atomic E-state index is 13.2. The quantitative estimate of drug-likeness (QED) is 0.441. The van der Waals surface area contributed by atoms with Gasteiger partial charge in [-0.2, -0.15) is 28.1 Å². The Labute approximate surface area is 202 Å². The van der Waals surface area contributed by atoms with E-state index in [0.717, 1.165) is 16.9 Å². The van der Waals surface area contributed by atoms with Gasteiger partial charge in [-0.15, -0.1) is 0 Å². The number of rotatable bonds is 5. The minimum Gasteiger partial charge on any atom is -0.345 e. The average molecular weight is 503 g/mol. The third-order valence-corrected chi connectivity index (χ3v) is 5.41. The van der Waals surface area contributed by atoms with Gasteiger partial charge < -0.3 is 5.32 Å². The first-order valence-corrected chi connectivity index (χ1v) is 10.6. The zero-order valence-electron chi connectivity index (χ0n) is 18.4. The van der Waals surface area contributed by atoms with Gasteiger partial charge in [0, 0.05) is 23.8 Å². The molecule has 4 aromatic rings. The molecule has 4 rings (SSSR count).